The molecule has 0 N–H and O–H groups in total. The van der Waals surface area contributed by atoms with Crippen molar-refractivity contribution in [1.82, 2.24) is 4.57 Å². The number of hydrogen-bond acceptors (Lipinski definition) is 0. The zero-order valence-corrected chi connectivity index (χ0v) is 10.4. The number of aromatic nitrogens is 1. The summed E-state index contributed by atoms with van der Waals surface area (Å²) in [4.78, 5) is 0. The topological polar surface area (TPSA) is 4.93 Å². The number of rotatable bonds is 2. The molecule has 0 spiro atoms. The number of hydrogen-bond donors (Lipinski definition) is 0. The Kier molecular flexibility index (Phi) is 2.52. The third-order valence-electron chi connectivity index (χ3n) is 3.16. The molecule has 0 unspecified atom stereocenters. The van der Waals surface area contributed by atoms with Crippen LogP contribution in [-0.4, -0.2) is 4.57 Å². The Hall–Kier alpha value is -2.28. The second-order valence-electron chi connectivity index (χ2n) is 4.53. The summed E-state index contributed by atoms with van der Waals surface area (Å²) in [7, 11) is 0. The van der Waals surface area contributed by atoms with Crippen LogP contribution in [0.25, 0.3) is 27.9 Å². The van der Waals surface area contributed by atoms with E-state index >= 15 is 0 Å². The van der Waals surface area contributed by atoms with E-state index in [0.29, 0.717) is 0 Å². The molecule has 88 valence electrons. The predicted molar refractivity (Wildman–Crippen MR) is 78.4 cm³/mol. The first-order valence-corrected chi connectivity index (χ1v) is 6.09. The van der Waals surface area contributed by atoms with Crippen molar-refractivity contribution in [3.05, 3.63) is 67.2 Å². The van der Waals surface area contributed by atoms with E-state index in [2.05, 4.69) is 65.7 Å². The zero-order chi connectivity index (χ0) is 12.5. The zero-order valence-electron chi connectivity index (χ0n) is 10.4. The van der Waals surface area contributed by atoms with Gasteiger partial charge >= 0.3 is 0 Å². The third kappa shape index (κ3) is 1.65. The molecule has 0 bridgehead atoms. The lowest BCUT2D eigenvalue weighted by molar-refractivity contribution is 1.16. The average Bonchev–Trinajstić information content (AvgIpc) is 2.79. The largest absolute Gasteiger partial charge is 0.314 e. The molecule has 1 aromatic heterocycles. The summed E-state index contributed by atoms with van der Waals surface area (Å²) >= 11 is 0. The first kappa shape index (κ1) is 10.8. The highest BCUT2D eigenvalue weighted by Crippen LogP contribution is 2.30. The minimum absolute atomic E-state index is 1.04. The van der Waals surface area contributed by atoms with E-state index in [4.69, 9.17) is 0 Å². The lowest BCUT2D eigenvalue weighted by atomic mass is 10.1. The van der Waals surface area contributed by atoms with Crippen LogP contribution < -0.4 is 0 Å². The Morgan fingerprint density at radius 2 is 1.61 bits per heavy atom. The molecule has 1 nitrogen and oxygen atoms in total. The Balaban J connectivity index is 2.36. The molecule has 1 heteroatoms. The Morgan fingerprint density at radius 1 is 0.944 bits per heavy atom. The normalized spacial score (nSPS) is 10.7. The SMILES string of the molecule is C=C(C)n1c(-c2ccccc2)cc2ccccc21. The van der Waals surface area contributed by atoms with Gasteiger partial charge in [-0.15, -0.1) is 0 Å². The summed E-state index contributed by atoms with van der Waals surface area (Å²) in [5.41, 5.74) is 4.67. The van der Waals surface area contributed by atoms with Gasteiger partial charge in [0.1, 0.15) is 0 Å². The standard InChI is InChI=1S/C17H15N/c1-13(2)18-16-11-7-6-10-15(16)12-17(18)14-8-4-3-5-9-14/h3-12H,1H2,2H3. The molecule has 0 amide bonds. The van der Waals surface area contributed by atoms with Crippen LogP contribution in [0.15, 0.2) is 67.2 Å². The van der Waals surface area contributed by atoms with E-state index in [1.807, 2.05) is 13.0 Å². The molecule has 0 atom stereocenters. The van der Waals surface area contributed by atoms with Crippen molar-refractivity contribution in [2.45, 2.75) is 6.92 Å². The van der Waals surface area contributed by atoms with Crippen molar-refractivity contribution < 1.29 is 0 Å². The van der Waals surface area contributed by atoms with Gasteiger partial charge in [0, 0.05) is 11.1 Å². The van der Waals surface area contributed by atoms with Gasteiger partial charge in [0.2, 0.25) is 0 Å². The van der Waals surface area contributed by atoms with Gasteiger partial charge in [-0.1, -0.05) is 55.1 Å². The highest BCUT2D eigenvalue weighted by atomic mass is 15.0. The summed E-state index contributed by atoms with van der Waals surface area (Å²) in [6.45, 7) is 6.14. The Labute approximate surface area is 107 Å². The van der Waals surface area contributed by atoms with Crippen molar-refractivity contribution in [2.75, 3.05) is 0 Å². The second kappa shape index (κ2) is 4.19. The number of para-hydroxylation sites is 1. The molecule has 3 aromatic rings. The fourth-order valence-corrected chi connectivity index (χ4v) is 2.39. The molecule has 0 saturated heterocycles. The number of allylic oxidation sites excluding steroid dienone is 1. The van der Waals surface area contributed by atoms with E-state index in [1.54, 1.807) is 0 Å². The molecule has 0 aliphatic carbocycles. The lowest BCUT2D eigenvalue weighted by Gasteiger charge is -2.10. The van der Waals surface area contributed by atoms with E-state index in [9.17, 15) is 0 Å². The van der Waals surface area contributed by atoms with Crippen LogP contribution in [0, 0.1) is 0 Å². The smallest absolute Gasteiger partial charge is 0.0537 e. The van der Waals surface area contributed by atoms with E-state index < -0.39 is 0 Å². The molecule has 0 aliphatic rings. The van der Waals surface area contributed by atoms with Gasteiger partial charge in [-0.3, -0.25) is 0 Å². The molecule has 3 rings (SSSR count). The van der Waals surface area contributed by atoms with Crippen LogP contribution in [0.2, 0.25) is 0 Å². The highest BCUT2D eigenvalue weighted by Gasteiger charge is 2.10. The number of nitrogens with zero attached hydrogens (tertiary/aromatic N) is 1. The van der Waals surface area contributed by atoms with Gasteiger partial charge in [0.25, 0.3) is 0 Å². The minimum Gasteiger partial charge on any atom is -0.314 e. The van der Waals surface area contributed by atoms with Crippen LogP contribution in [0.4, 0.5) is 0 Å². The second-order valence-corrected chi connectivity index (χ2v) is 4.53. The fraction of sp³-hybridized carbons (Fsp3) is 0.0588. The van der Waals surface area contributed by atoms with Gasteiger partial charge in [0.15, 0.2) is 0 Å². The van der Waals surface area contributed by atoms with Crippen LogP contribution in [0.5, 0.6) is 0 Å². The Morgan fingerprint density at radius 3 is 2.33 bits per heavy atom. The monoisotopic (exact) mass is 233 g/mol. The van der Waals surface area contributed by atoms with Crippen molar-refractivity contribution in [3.8, 4) is 11.3 Å². The maximum atomic E-state index is 4.10. The first-order chi connectivity index (χ1) is 8.77. The van der Waals surface area contributed by atoms with Gasteiger partial charge in [-0.05, 0) is 24.6 Å². The van der Waals surface area contributed by atoms with Crippen LogP contribution in [0.1, 0.15) is 6.92 Å². The molecule has 18 heavy (non-hydrogen) atoms. The Bertz CT molecular complexity index is 705. The highest BCUT2D eigenvalue weighted by molar-refractivity contribution is 5.90. The van der Waals surface area contributed by atoms with Crippen LogP contribution >= 0.6 is 0 Å². The maximum absolute atomic E-state index is 4.10. The average molecular weight is 233 g/mol. The van der Waals surface area contributed by atoms with E-state index in [-0.39, 0.29) is 0 Å². The molecule has 0 radical (unpaired) electrons. The van der Waals surface area contributed by atoms with Crippen molar-refractivity contribution in [3.63, 3.8) is 0 Å². The quantitative estimate of drug-likeness (QED) is 0.599. The van der Waals surface area contributed by atoms with Crippen LogP contribution in [0.3, 0.4) is 0 Å². The first-order valence-electron chi connectivity index (χ1n) is 6.09. The summed E-state index contributed by atoms with van der Waals surface area (Å²) in [5.74, 6) is 0. The van der Waals surface area contributed by atoms with Gasteiger partial charge in [-0.2, -0.15) is 0 Å². The van der Waals surface area contributed by atoms with Gasteiger partial charge in [0.05, 0.1) is 11.2 Å². The van der Waals surface area contributed by atoms with Crippen molar-refractivity contribution in [2.24, 2.45) is 0 Å². The molecule has 2 aromatic carbocycles. The molecule has 0 fully saturated rings. The number of benzene rings is 2. The molecular formula is C17H15N. The van der Waals surface area contributed by atoms with E-state index in [1.165, 1.54) is 22.2 Å². The minimum atomic E-state index is 1.04. The van der Waals surface area contributed by atoms with Crippen LogP contribution in [-0.2, 0) is 0 Å². The predicted octanol–water partition coefficient (Wildman–Crippen LogP) is 4.80. The summed E-state index contributed by atoms with van der Waals surface area (Å²) in [6, 6.07) is 21.1. The van der Waals surface area contributed by atoms with Crippen molar-refractivity contribution >= 4 is 16.6 Å². The summed E-state index contributed by atoms with van der Waals surface area (Å²) in [5, 5.41) is 1.25. The molecule has 0 aliphatic heterocycles. The fourth-order valence-electron chi connectivity index (χ4n) is 2.39. The summed E-state index contributed by atoms with van der Waals surface area (Å²) in [6.07, 6.45) is 0. The summed E-state index contributed by atoms with van der Waals surface area (Å²) < 4.78 is 2.21. The maximum Gasteiger partial charge on any atom is 0.0537 e. The molecule has 0 saturated carbocycles. The van der Waals surface area contributed by atoms with Crippen molar-refractivity contribution in [1.29, 1.82) is 0 Å². The van der Waals surface area contributed by atoms with E-state index in [0.717, 1.165) is 5.70 Å². The lowest BCUT2D eigenvalue weighted by Crippen LogP contribution is -1.94. The molecular weight excluding hydrogens is 218 g/mol. The number of fused-ring (bicyclic) bond motifs is 1. The van der Waals surface area contributed by atoms with Gasteiger partial charge < -0.3 is 4.57 Å². The molecule has 1 heterocycles. The third-order valence-corrected chi connectivity index (χ3v) is 3.16. The van der Waals surface area contributed by atoms with Gasteiger partial charge in [-0.25, -0.2) is 0 Å².